The van der Waals surface area contributed by atoms with Crippen LogP contribution in [0.3, 0.4) is 0 Å². The van der Waals surface area contributed by atoms with Crippen molar-refractivity contribution in [1.82, 2.24) is 39.6 Å². The Bertz CT molecular complexity index is 1840. The minimum absolute atomic E-state index is 0.0294. The van der Waals surface area contributed by atoms with Crippen molar-refractivity contribution in [3.63, 3.8) is 0 Å². The van der Waals surface area contributed by atoms with Gasteiger partial charge in [-0.3, -0.25) is 29.7 Å². The SMILES string of the molecule is CN(C)C(=O)c1cc2cnc(Nc3ccc(N4CCC(N(C)Cc5ccncc5N5CCC(=O)NC5=O)CC4)cn3)nc2n1C1CCCC1. The first-order valence-corrected chi connectivity index (χ1v) is 17.1. The van der Waals surface area contributed by atoms with Gasteiger partial charge in [0.15, 0.2) is 0 Å². The number of nitrogens with zero attached hydrogens (tertiary/aromatic N) is 9. The number of aromatic nitrogens is 5. The summed E-state index contributed by atoms with van der Waals surface area (Å²) >= 11 is 0. The van der Waals surface area contributed by atoms with Gasteiger partial charge in [-0.15, -0.1) is 0 Å². The number of rotatable bonds is 9. The Morgan fingerprint density at radius 1 is 0.980 bits per heavy atom. The lowest BCUT2D eigenvalue weighted by molar-refractivity contribution is -0.120. The predicted molar refractivity (Wildman–Crippen MR) is 187 cm³/mol. The molecule has 4 amide bonds. The number of piperidine rings is 1. The summed E-state index contributed by atoms with van der Waals surface area (Å²) in [6.07, 6.45) is 13.7. The van der Waals surface area contributed by atoms with Crippen molar-refractivity contribution >= 4 is 52.0 Å². The molecule has 6 heterocycles. The van der Waals surface area contributed by atoms with Gasteiger partial charge in [-0.05, 0) is 62.6 Å². The van der Waals surface area contributed by atoms with Gasteiger partial charge in [-0.1, -0.05) is 12.8 Å². The molecule has 2 aliphatic heterocycles. The fraction of sp³-hybridized carbons (Fsp3) is 0.457. The Kier molecular flexibility index (Phi) is 9.13. The van der Waals surface area contributed by atoms with E-state index in [1.165, 1.54) is 0 Å². The van der Waals surface area contributed by atoms with Crippen LogP contribution in [0.2, 0.25) is 0 Å². The summed E-state index contributed by atoms with van der Waals surface area (Å²) in [5.74, 6) is 0.825. The zero-order valence-corrected chi connectivity index (χ0v) is 28.3. The quantitative estimate of drug-likeness (QED) is 0.265. The second kappa shape index (κ2) is 13.8. The lowest BCUT2D eigenvalue weighted by Crippen LogP contribution is -2.50. The van der Waals surface area contributed by atoms with Crippen LogP contribution in [0, 0.1) is 0 Å². The van der Waals surface area contributed by atoms with Crippen molar-refractivity contribution in [2.75, 3.05) is 55.9 Å². The Hall–Kier alpha value is -5.11. The molecule has 14 nitrogen and oxygen atoms in total. The lowest BCUT2D eigenvalue weighted by Gasteiger charge is -2.38. The van der Waals surface area contributed by atoms with Crippen LogP contribution < -0.4 is 20.4 Å². The number of imide groups is 1. The molecule has 0 spiro atoms. The summed E-state index contributed by atoms with van der Waals surface area (Å²) < 4.78 is 2.11. The third-order valence-corrected chi connectivity index (χ3v) is 9.98. The maximum atomic E-state index is 13.0. The largest absolute Gasteiger partial charge is 0.370 e. The van der Waals surface area contributed by atoms with Crippen molar-refractivity contribution in [3.8, 4) is 0 Å². The molecule has 7 rings (SSSR count). The number of carbonyl (C=O) groups is 3. The van der Waals surface area contributed by atoms with E-state index in [-0.39, 0.29) is 24.3 Å². The van der Waals surface area contributed by atoms with Crippen molar-refractivity contribution in [3.05, 3.63) is 60.3 Å². The molecule has 4 aromatic rings. The topological polar surface area (TPSA) is 145 Å². The Morgan fingerprint density at radius 3 is 2.49 bits per heavy atom. The van der Waals surface area contributed by atoms with Crippen LogP contribution in [0.15, 0.2) is 49.1 Å². The lowest BCUT2D eigenvalue weighted by atomic mass is 10.0. The van der Waals surface area contributed by atoms with Gasteiger partial charge in [-0.2, -0.15) is 4.98 Å². The summed E-state index contributed by atoms with van der Waals surface area (Å²) in [5, 5.41) is 6.53. The molecular weight excluding hydrogens is 622 g/mol. The van der Waals surface area contributed by atoms with E-state index in [1.807, 2.05) is 24.4 Å². The second-order valence-electron chi connectivity index (χ2n) is 13.4. The molecule has 2 saturated heterocycles. The van der Waals surface area contributed by atoms with E-state index < -0.39 is 6.03 Å². The van der Waals surface area contributed by atoms with Crippen molar-refractivity contribution in [2.45, 2.75) is 63.6 Å². The highest BCUT2D eigenvalue weighted by Gasteiger charge is 2.29. The van der Waals surface area contributed by atoms with Gasteiger partial charge in [0.1, 0.15) is 17.2 Å². The van der Waals surface area contributed by atoms with Crippen LogP contribution >= 0.6 is 0 Å². The number of urea groups is 1. The van der Waals surface area contributed by atoms with Gasteiger partial charge in [0.25, 0.3) is 5.91 Å². The highest BCUT2D eigenvalue weighted by Crippen LogP contribution is 2.35. The van der Waals surface area contributed by atoms with E-state index in [9.17, 15) is 14.4 Å². The maximum absolute atomic E-state index is 13.0. The summed E-state index contributed by atoms with van der Waals surface area (Å²) in [4.78, 5) is 63.4. The van der Waals surface area contributed by atoms with Crippen LogP contribution in [0.1, 0.15) is 67.0 Å². The predicted octanol–water partition coefficient (Wildman–Crippen LogP) is 4.33. The second-order valence-corrected chi connectivity index (χ2v) is 13.4. The average Bonchev–Trinajstić information content (AvgIpc) is 3.77. The molecule has 0 unspecified atom stereocenters. The molecule has 0 aromatic carbocycles. The normalized spacial score (nSPS) is 17.6. The van der Waals surface area contributed by atoms with Crippen molar-refractivity contribution in [2.24, 2.45) is 0 Å². The first kappa shape index (κ1) is 32.4. The fourth-order valence-electron chi connectivity index (χ4n) is 7.30. The number of carbonyl (C=O) groups excluding carboxylic acids is 3. The summed E-state index contributed by atoms with van der Waals surface area (Å²) in [6, 6.07) is 8.12. The molecule has 0 atom stereocenters. The van der Waals surface area contributed by atoms with Gasteiger partial charge in [0.05, 0.1) is 23.8 Å². The van der Waals surface area contributed by atoms with E-state index in [1.54, 1.807) is 42.5 Å². The first-order valence-electron chi connectivity index (χ1n) is 17.1. The number of anilines is 4. The molecule has 1 saturated carbocycles. The number of amides is 4. The van der Waals surface area contributed by atoms with Gasteiger partial charge in [0, 0.05) is 76.6 Å². The molecule has 49 heavy (non-hydrogen) atoms. The van der Waals surface area contributed by atoms with Gasteiger partial charge in [-0.25, -0.2) is 14.8 Å². The molecule has 2 N–H and O–H groups in total. The number of nitrogens with one attached hydrogen (secondary N) is 2. The van der Waals surface area contributed by atoms with Gasteiger partial charge in [0.2, 0.25) is 11.9 Å². The van der Waals surface area contributed by atoms with Crippen LogP contribution in [-0.4, -0.2) is 99.0 Å². The van der Waals surface area contributed by atoms with Crippen molar-refractivity contribution in [1.29, 1.82) is 0 Å². The van der Waals surface area contributed by atoms with E-state index >= 15 is 0 Å². The monoisotopic (exact) mass is 665 g/mol. The van der Waals surface area contributed by atoms with E-state index in [0.717, 1.165) is 79.6 Å². The van der Waals surface area contributed by atoms with Gasteiger partial charge < -0.3 is 19.7 Å². The maximum Gasteiger partial charge on any atom is 0.328 e. The smallest absolute Gasteiger partial charge is 0.328 e. The zero-order chi connectivity index (χ0) is 34.1. The molecule has 4 aromatic heterocycles. The molecular formula is C35H43N11O3. The highest BCUT2D eigenvalue weighted by atomic mass is 16.2. The van der Waals surface area contributed by atoms with Crippen LogP contribution in [-0.2, 0) is 11.3 Å². The van der Waals surface area contributed by atoms with Crippen molar-refractivity contribution < 1.29 is 14.4 Å². The molecule has 3 fully saturated rings. The number of pyridine rings is 2. The van der Waals surface area contributed by atoms with Gasteiger partial charge >= 0.3 is 6.03 Å². The number of fused-ring (bicyclic) bond motifs is 1. The Balaban J connectivity index is 0.978. The Labute approximate surface area is 285 Å². The fourth-order valence-corrected chi connectivity index (χ4v) is 7.30. The number of hydrogen-bond donors (Lipinski definition) is 2. The first-order chi connectivity index (χ1) is 23.7. The highest BCUT2D eigenvalue weighted by molar-refractivity contribution is 6.05. The summed E-state index contributed by atoms with van der Waals surface area (Å²) in [5.41, 5.74) is 4.24. The van der Waals surface area contributed by atoms with E-state index in [2.05, 4.69) is 53.1 Å². The zero-order valence-electron chi connectivity index (χ0n) is 28.3. The molecule has 0 bridgehead atoms. The molecule has 1 aliphatic carbocycles. The average molecular weight is 666 g/mol. The minimum Gasteiger partial charge on any atom is -0.370 e. The summed E-state index contributed by atoms with van der Waals surface area (Å²) in [7, 11) is 5.67. The van der Waals surface area contributed by atoms with E-state index in [4.69, 9.17) is 4.98 Å². The molecule has 0 radical (unpaired) electrons. The van der Waals surface area contributed by atoms with E-state index in [0.29, 0.717) is 36.6 Å². The number of hydrogen-bond acceptors (Lipinski definition) is 10. The standard InChI is InChI=1S/C35H43N11O3/c1-42(2)33(48)28-18-24-19-38-34(41-32(24)46(28)26-6-4-5-7-26)39-30-9-8-27(20-37-30)44-15-11-25(12-16-44)43(3)22-23-10-14-36-21-29(23)45-17-13-31(47)40-35(45)49/h8-10,14,18-21,25-26H,4-7,11-13,15-17,22H2,1-3H3,(H,40,47,49)(H,37,38,39,41). The minimum atomic E-state index is -0.397. The molecule has 14 heteroatoms. The molecule has 3 aliphatic rings. The third-order valence-electron chi connectivity index (χ3n) is 9.98. The third kappa shape index (κ3) is 6.77. The van der Waals surface area contributed by atoms with Crippen LogP contribution in [0.4, 0.5) is 27.9 Å². The van der Waals surface area contributed by atoms with Crippen LogP contribution in [0.25, 0.3) is 11.0 Å². The molecule has 256 valence electrons. The van der Waals surface area contributed by atoms with Crippen LogP contribution in [0.5, 0.6) is 0 Å². The Morgan fingerprint density at radius 2 is 1.78 bits per heavy atom. The summed E-state index contributed by atoms with van der Waals surface area (Å²) in [6.45, 7) is 2.82.